The van der Waals surface area contributed by atoms with Gasteiger partial charge in [-0.05, 0) is 30.5 Å². The minimum atomic E-state index is -0.587. The van der Waals surface area contributed by atoms with E-state index in [1.807, 2.05) is 29.2 Å². The number of carbonyl (C=O) groups is 2. The fourth-order valence-corrected chi connectivity index (χ4v) is 3.09. The number of ether oxygens (including phenoxy) is 2. The van der Waals surface area contributed by atoms with E-state index in [9.17, 15) is 9.59 Å². The van der Waals surface area contributed by atoms with Gasteiger partial charge in [0.15, 0.2) is 6.10 Å². The molecule has 0 radical (unpaired) electrons. The average molecular weight is 289 g/mol. The summed E-state index contributed by atoms with van der Waals surface area (Å²) in [6.07, 6.45) is 2.18. The summed E-state index contributed by atoms with van der Waals surface area (Å²) in [7, 11) is 1.63. The van der Waals surface area contributed by atoms with Crippen molar-refractivity contribution in [2.24, 2.45) is 0 Å². The van der Waals surface area contributed by atoms with Crippen LogP contribution in [0.5, 0.6) is 5.75 Å². The van der Waals surface area contributed by atoms with Crippen molar-refractivity contribution in [2.75, 3.05) is 13.7 Å². The first-order valence-electron chi connectivity index (χ1n) is 7.33. The molecule has 3 rings (SSSR count). The number of esters is 1. The van der Waals surface area contributed by atoms with Crippen molar-refractivity contribution in [1.29, 1.82) is 0 Å². The second kappa shape index (κ2) is 5.76. The van der Waals surface area contributed by atoms with E-state index in [4.69, 9.17) is 9.47 Å². The monoisotopic (exact) mass is 289 g/mol. The first-order chi connectivity index (χ1) is 10.2. The standard InChI is InChI=1S/C16H19NO4/c1-20-12-6-4-11(5-7-12)13-3-2-10-17(13)16(19)14-8-9-15(18)21-14/h4-7,13-14H,2-3,8-10H2,1H3/t13-,14+/m1/s1. The summed E-state index contributed by atoms with van der Waals surface area (Å²) in [5.74, 6) is 0.479. The molecule has 0 unspecified atom stereocenters. The highest BCUT2D eigenvalue weighted by molar-refractivity contribution is 5.87. The van der Waals surface area contributed by atoms with Crippen LogP contribution in [0.2, 0.25) is 0 Å². The summed E-state index contributed by atoms with van der Waals surface area (Å²) in [6.45, 7) is 0.726. The average Bonchev–Trinajstić information content (AvgIpc) is 3.15. The Kier molecular flexibility index (Phi) is 3.82. The van der Waals surface area contributed by atoms with Crippen molar-refractivity contribution in [3.05, 3.63) is 29.8 Å². The van der Waals surface area contributed by atoms with Crippen molar-refractivity contribution in [2.45, 2.75) is 37.8 Å². The minimum Gasteiger partial charge on any atom is -0.497 e. The summed E-state index contributed by atoms with van der Waals surface area (Å²) < 4.78 is 10.3. The highest BCUT2D eigenvalue weighted by Gasteiger charge is 2.38. The smallest absolute Gasteiger partial charge is 0.306 e. The first kappa shape index (κ1) is 13.9. The third-order valence-electron chi connectivity index (χ3n) is 4.20. The van der Waals surface area contributed by atoms with E-state index >= 15 is 0 Å². The number of methoxy groups -OCH3 is 1. The molecule has 21 heavy (non-hydrogen) atoms. The summed E-state index contributed by atoms with van der Waals surface area (Å²) in [5.41, 5.74) is 1.10. The van der Waals surface area contributed by atoms with Gasteiger partial charge in [-0.15, -0.1) is 0 Å². The Morgan fingerprint density at radius 2 is 2.05 bits per heavy atom. The lowest BCUT2D eigenvalue weighted by Crippen LogP contribution is -2.38. The van der Waals surface area contributed by atoms with Crippen LogP contribution >= 0.6 is 0 Å². The molecule has 5 heteroatoms. The predicted octanol–water partition coefficient (Wildman–Crippen LogP) is 2.06. The highest BCUT2D eigenvalue weighted by Crippen LogP contribution is 2.34. The third kappa shape index (κ3) is 2.73. The normalized spacial score (nSPS) is 25.0. The van der Waals surface area contributed by atoms with E-state index in [0.717, 1.165) is 30.7 Å². The van der Waals surface area contributed by atoms with Gasteiger partial charge in [0, 0.05) is 19.4 Å². The second-order valence-corrected chi connectivity index (χ2v) is 5.48. The fraction of sp³-hybridized carbons (Fsp3) is 0.500. The summed E-state index contributed by atoms with van der Waals surface area (Å²) in [4.78, 5) is 25.6. The van der Waals surface area contributed by atoms with Crippen molar-refractivity contribution in [1.82, 2.24) is 4.90 Å². The van der Waals surface area contributed by atoms with E-state index in [1.54, 1.807) is 7.11 Å². The number of carbonyl (C=O) groups excluding carboxylic acids is 2. The zero-order chi connectivity index (χ0) is 14.8. The van der Waals surface area contributed by atoms with Crippen molar-refractivity contribution in [3.63, 3.8) is 0 Å². The lowest BCUT2D eigenvalue weighted by Gasteiger charge is -2.27. The maximum absolute atomic E-state index is 12.5. The molecule has 2 atom stereocenters. The number of cyclic esters (lactones) is 1. The molecule has 2 saturated heterocycles. The van der Waals surface area contributed by atoms with Gasteiger partial charge in [-0.1, -0.05) is 12.1 Å². The second-order valence-electron chi connectivity index (χ2n) is 5.48. The Labute approximate surface area is 123 Å². The Balaban J connectivity index is 1.75. The van der Waals surface area contributed by atoms with Crippen LogP contribution in [0, 0.1) is 0 Å². The van der Waals surface area contributed by atoms with Crippen LogP contribution in [0.1, 0.15) is 37.3 Å². The number of nitrogens with zero attached hydrogens (tertiary/aromatic N) is 1. The largest absolute Gasteiger partial charge is 0.497 e. The molecule has 2 aliphatic heterocycles. The Bertz CT molecular complexity index is 540. The van der Waals surface area contributed by atoms with E-state index in [-0.39, 0.29) is 17.9 Å². The molecule has 1 aromatic carbocycles. The van der Waals surface area contributed by atoms with Crippen molar-refractivity contribution < 1.29 is 19.1 Å². The molecular formula is C16H19NO4. The molecule has 0 bridgehead atoms. The van der Waals surface area contributed by atoms with Gasteiger partial charge in [0.2, 0.25) is 0 Å². The van der Waals surface area contributed by atoms with Gasteiger partial charge in [-0.25, -0.2) is 0 Å². The van der Waals surface area contributed by atoms with Crippen LogP contribution in [0.3, 0.4) is 0 Å². The number of likely N-dealkylation sites (tertiary alicyclic amines) is 1. The van der Waals surface area contributed by atoms with Gasteiger partial charge in [-0.2, -0.15) is 0 Å². The molecule has 2 aliphatic rings. The lowest BCUT2D eigenvalue weighted by molar-refractivity contribution is -0.153. The minimum absolute atomic E-state index is 0.0563. The van der Waals surface area contributed by atoms with Crippen molar-refractivity contribution >= 4 is 11.9 Å². The van der Waals surface area contributed by atoms with E-state index in [2.05, 4.69) is 0 Å². The van der Waals surface area contributed by atoms with Gasteiger partial charge in [-0.3, -0.25) is 9.59 Å². The summed E-state index contributed by atoms with van der Waals surface area (Å²) in [6, 6.07) is 7.88. The molecule has 2 fully saturated rings. The SMILES string of the molecule is COc1ccc([C@H]2CCCN2C(=O)[C@@H]2CCC(=O)O2)cc1. The Morgan fingerprint density at radius 1 is 1.29 bits per heavy atom. The number of hydrogen-bond donors (Lipinski definition) is 0. The van der Waals surface area contributed by atoms with Crippen LogP contribution in [0.4, 0.5) is 0 Å². The van der Waals surface area contributed by atoms with E-state index in [0.29, 0.717) is 12.8 Å². The molecular weight excluding hydrogens is 270 g/mol. The zero-order valence-electron chi connectivity index (χ0n) is 12.1. The van der Waals surface area contributed by atoms with Crippen LogP contribution < -0.4 is 4.74 Å². The van der Waals surface area contributed by atoms with Gasteiger partial charge < -0.3 is 14.4 Å². The first-order valence-corrected chi connectivity index (χ1v) is 7.33. The molecule has 5 nitrogen and oxygen atoms in total. The van der Waals surface area contributed by atoms with Gasteiger partial charge in [0.1, 0.15) is 5.75 Å². The summed E-state index contributed by atoms with van der Waals surface area (Å²) >= 11 is 0. The van der Waals surface area contributed by atoms with E-state index < -0.39 is 6.10 Å². The molecule has 0 aliphatic carbocycles. The van der Waals surface area contributed by atoms with Gasteiger partial charge >= 0.3 is 5.97 Å². The lowest BCUT2D eigenvalue weighted by atomic mass is 10.0. The quantitative estimate of drug-likeness (QED) is 0.799. The maximum Gasteiger partial charge on any atom is 0.306 e. The number of hydrogen-bond acceptors (Lipinski definition) is 4. The fourth-order valence-electron chi connectivity index (χ4n) is 3.09. The van der Waals surface area contributed by atoms with Crippen LogP contribution in [-0.2, 0) is 14.3 Å². The van der Waals surface area contributed by atoms with Crippen molar-refractivity contribution in [3.8, 4) is 5.75 Å². The number of amides is 1. The third-order valence-corrected chi connectivity index (χ3v) is 4.20. The molecule has 1 amide bonds. The van der Waals surface area contributed by atoms with Crippen LogP contribution in [0.15, 0.2) is 24.3 Å². The Hall–Kier alpha value is -2.04. The molecule has 112 valence electrons. The molecule has 1 aromatic rings. The van der Waals surface area contributed by atoms with Crippen LogP contribution in [-0.4, -0.2) is 36.5 Å². The molecule has 0 spiro atoms. The molecule has 0 aromatic heterocycles. The number of benzene rings is 1. The highest BCUT2D eigenvalue weighted by atomic mass is 16.6. The zero-order valence-corrected chi connectivity index (χ0v) is 12.1. The Morgan fingerprint density at radius 3 is 2.67 bits per heavy atom. The molecule has 0 N–H and O–H groups in total. The maximum atomic E-state index is 12.5. The molecule has 2 heterocycles. The molecule has 0 saturated carbocycles. The van der Waals surface area contributed by atoms with Gasteiger partial charge in [0.25, 0.3) is 5.91 Å². The summed E-state index contributed by atoms with van der Waals surface area (Å²) in [5, 5.41) is 0. The van der Waals surface area contributed by atoms with E-state index in [1.165, 1.54) is 0 Å². The van der Waals surface area contributed by atoms with Gasteiger partial charge in [0.05, 0.1) is 13.2 Å². The number of rotatable bonds is 3. The topological polar surface area (TPSA) is 55.8 Å². The van der Waals surface area contributed by atoms with Crippen LogP contribution in [0.25, 0.3) is 0 Å². The predicted molar refractivity (Wildman–Crippen MR) is 75.8 cm³/mol.